The second kappa shape index (κ2) is 35.8. The minimum atomic E-state index is -2.04. The van der Waals surface area contributed by atoms with Gasteiger partial charge in [0, 0.05) is 92.4 Å². The molecule has 7 amide bonds. The summed E-state index contributed by atoms with van der Waals surface area (Å²) in [6.07, 6.45) is -9.90. The van der Waals surface area contributed by atoms with Gasteiger partial charge in [0.15, 0.2) is 11.5 Å². The maximum absolute atomic E-state index is 14.8. The van der Waals surface area contributed by atoms with Gasteiger partial charge in [-0.25, -0.2) is 0 Å². The molecule has 28 nitrogen and oxygen atoms in total. The summed E-state index contributed by atoms with van der Waals surface area (Å²) in [4.78, 5) is 106. The van der Waals surface area contributed by atoms with E-state index >= 15 is 0 Å². The van der Waals surface area contributed by atoms with Crippen molar-refractivity contribution in [2.45, 2.75) is 137 Å². The predicted molar refractivity (Wildman–Crippen MR) is 370 cm³/mol. The average molecular weight is 1470 g/mol. The number of halogens is 4. The quantitative estimate of drug-likeness (QED) is 0.0536. The van der Waals surface area contributed by atoms with Gasteiger partial charge < -0.3 is 98.0 Å². The lowest BCUT2D eigenvalue weighted by Gasteiger charge is -2.42. The number of benzene rings is 4. The first-order valence-electron chi connectivity index (χ1n) is 31.6. The monoisotopic (exact) mass is 1460 g/mol. The van der Waals surface area contributed by atoms with Gasteiger partial charge in [-0.15, -0.1) is 47.4 Å². The fourth-order valence-electron chi connectivity index (χ4n) is 12.4. The summed E-state index contributed by atoms with van der Waals surface area (Å²) in [5.74, 6) is -8.62. The lowest BCUT2D eigenvalue weighted by molar-refractivity contribution is -0.147. The van der Waals surface area contributed by atoms with Crippen molar-refractivity contribution >= 4 is 107 Å². The third-order valence-corrected chi connectivity index (χ3v) is 19.2. The molecule has 5 aromatic rings. The number of aliphatic hydroxyl groups excluding tert-OH is 6. The second-order valence-corrected chi connectivity index (χ2v) is 26.0. The van der Waals surface area contributed by atoms with E-state index in [-0.39, 0.29) is 92.5 Å². The summed E-state index contributed by atoms with van der Waals surface area (Å²) < 4.78 is 11.7. The Morgan fingerprint density at radius 3 is 1.97 bits per heavy atom. The smallest absolute Gasteiger partial charge is 0.251 e. The van der Waals surface area contributed by atoms with Crippen LogP contribution in [0.2, 0.25) is 5.02 Å². The Morgan fingerprint density at radius 1 is 0.745 bits per heavy atom. The third kappa shape index (κ3) is 18.9. The highest BCUT2D eigenvalue weighted by Crippen LogP contribution is 2.39. The fourth-order valence-corrected chi connectivity index (χ4v) is 13.4. The molecule has 98 heavy (non-hydrogen) atoms. The Hall–Kier alpha value is -7.07. The predicted octanol–water partition coefficient (Wildman–Crippen LogP) is 0.664. The molecular formula is C65H86Cl4N12O16S. The van der Waals surface area contributed by atoms with Crippen molar-refractivity contribution in [3.63, 3.8) is 0 Å². The summed E-state index contributed by atoms with van der Waals surface area (Å²) in [6, 6.07) is 15.0. The maximum atomic E-state index is 14.8. The number of aromatic hydroxyl groups is 1. The van der Waals surface area contributed by atoms with Crippen molar-refractivity contribution in [3.8, 4) is 32.6 Å². The number of anilines is 1. The fraction of sp³-hybridized carbons (Fsp3) is 0.492. The highest BCUT2D eigenvalue weighted by Gasteiger charge is 2.50. The summed E-state index contributed by atoms with van der Waals surface area (Å²) in [6.45, 7) is 2.91. The number of nitrogens with one attached hydrogen (secondary N) is 5. The molecule has 4 aliphatic rings. The van der Waals surface area contributed by atoms with Gasteiger partial charge in [0.25, 0.3) is 5.91 Å². The largest absolute Gasteiger partial charge is 0.504 e. The highest BCUT2D eigenvalue weighted by molar-refractivity contribution is 7.17. The molecule has 0 radical (unpaired) electrons. The number of amides is 7. The molecule has 0 unspecified atom stereocenters. The van der Waals surface area contributed by atoms with E-state index in [1.807, 2.05) is 48.5 Å². The molecule has 4 aromatic carbocycles. The van der Waals surface area contributed by atoms with Gasteiger partial charge in [-0.2, -0.15) is 0 Å². The minimum absolute atomic E-state index is 0. The number of carbonyl (C=O) groups excluding carboxylic acids is 7. The van der Waals surface area contributed by atoms with E-state index in [1.54, 1.807) is 19.2 Å². The van der Waals surface area contributed by atoms with Crippen LogP contribution in [-0.4, -0.2) is 229 Å². The molecule has 16 N–H and O–H groups in total. The van der Waals surface area contributed by atoms with Crippen LogP contribution in [0.3, 0.4) is 0 Å². The number of nitrogens with zero attached hydrogens (tertiary/aromatic N) is 5. The van der Waals surface area contributed by atoms with E-state index in [9.17, 15) is 69.3 Å². The van der Waals surface area contributed by atoms with Crippen LogP contribution in [0.15, 0.2) is 91.0 Å². The van der Waals surface area contributed by atoms with E-state index < -0.39 is 158 Å². The Balaban J connectivity index is 0.00000505. The molecule has 0 bridgehead atoms. The zero-order chi connectivity index (χ0) is 68.4. The molecule has 9 rings (SSSR count). The number of hydrogen-bond donors (Lipinski definition) is 14. The first-order chi connectivity index (χ1) is 45.4. The van der Waals surface area contributed by atoms with Crippen LogP contribution in [0.1, 0.15) is 73.9 Å². The Bertz CT molecular complexity index is 3530. The Morgan fingerprint density at radius 2 is 1.36 bits per heavy atom. The molecule has 536 valence electrons. The number of piperidine rings is 1. The zero-order valence-corrected chi connectivity index (χ0v) is 58.0. The van der Waals surface area contributed by atoms with Crippen LogP contribution in [0.5, 0.6) is 11.5 Å². The van der Waals surface area contributed by atoms with Crippen LogP contribution in [-0.2, 0) is 45.5 Å². The van der Waals surface area contributed by atoms with Crippen molar-refractivity contribution in [2.24, 2.45) is 17.4 Å². The number of fused-ring (bicyclic) bond motifs is 2. The summed E-state index contributed by atoms with van der Waals surface area (Å²) in [5.41, 5.74) is 14.9. The van der Waals surface area contributed by atoms with Gasteiger partial charge in [-0.3, -0.25) is 33.6 Å². The Labute approximate surface area is 593 Å². The van der Waals surface area contributed by atoms with Crippen LogP contribution in [0.25, 0.3) is 21.1 Å². The molecule has 5 heterocycles. The standard InChI is InChI=1S/C65H83ClN12O16S.3ClH/c1-34-32-78-54(55(34)85)60(90)69-31-43(80)29-45(70-56(86)37-6-8-38(9-7-37)61-74-75-62(95-61)39-10-16-42(17-11-39)76-24-20-65(93-3,21-25-76)40-12-14-41(66)15-13-40)57(87)71-51(35(2)79)63(91)77-33-44(81)30-46(77)58(88)72-52(59(89)73-53(64(78)92)48(83)19-23-68)49(84)27-36-5-18-47(82)50(28-36)94-26-4-22-67;;;/h5-18,28,34-35,43-46,48-49,51-55,79-85H,4,19-27,29-33,67-68H2,1-3H3,(H,69,90)(H,70,86)(H,71,87)(H,72,88)(H,73,89);3*1H/t34-,35+,43+,44+,45-,46-,48+,49+,51-,52-,53-,54-,55-;;;/m0.../s1. The molecule has 0 saturated carbocycles. The van der Waals surface area contributed by atoms with Gasteiger partial charge in [-0.1, -0.05) is 60.2 Å². The number of phenols is 1. The summed E-state index contributed by atoms with van der Waals surface area (Å²) in [7, 11) is 1.73. The van der Waals surface area contributed by atoms with Crippen molar-refractivity contribution in [2.75, 3.05) is 64.4 Å². The van der Waals surface area contributed by atoms with E-state index in [0.717, 1.165) is 59.5 Å². The number of methoxy groups -OCH3 is 1. The van der Waals surface area contributed by atoms with Crippen LogP contribution >= 0.6 is 60.2 Å². The molecule has 33 heteroatoms. The van der Waals surface area contributed by atoms with E-state index in [2.05, 4.69) is 41.7 Å². The topological polar surface area (TPSA) is 427 Å². The third-order valence-electron chi connectivity index (χ3n) is 17.9. The molecule has 4 saturated heterocycles. The number of hydrogen-bond acceptors (Lipinski definition) is 22. The van der Waals surface area contributed by atoms with Crippen molar-refractivity contribution in [1.82, 2.24) is 46.6 Å². The number of carbonyl (C=O) groups is 7. The molecular weight excluding hydrogens is 1380 g/mol. The number of rotatable bonds is 18. The molecule has 0 aliphatic carbocycles. The van der Waals surface area contributed by atoms with Gasteiger partial charge in [0.2, 0.25) is 35.4 Å². The minimum Gasteiger partial charge on any atom is -0.504 e. The van der Waals surface area contributed by atoms with Gasteiger partial charge in [0.1, 0.15) is 46.3 Å². The number of β-amino-alcohol motifs (C(OH)–C–C–N with tert-alkyl or cyclic N) is 1. The number of phenolic OH excluding ortho intramolecular Hbond substituents is 1. The van der Waals surface area contributed by atoms with E-state index in [4.69, 9.17) is 32.5 Å². The number of nitrogens with two attached hydrogens (primary N) is 2. The lowest BCUT2D eigenvalue weighted by atomic mass is 9.84. The van der Waals surface area contributed by atoms with Crippen molar-refractivity contribution in [1.29, 1.82) is 0 Å². The normalized spacial score (nSPS) is 25.0. The summed E-state index contributed by atoms with van der Waals surface area (Å²) >= 11 is 7.49. The lowest BCUT2D eigenvalue weighted by Crippen LogP contribution is -2.64. The molecule has 13 atom stereocenters. The maximum Gasteiger partial charge on any atom is 0.251 e. The second-order valence-electron chi connectivity index (χ2n) is 24.6. The van der Waals surface area contributed by atoms with Gasteiger partial charge in [-0.05, 0) is 117 Å². The van der Waals surface area contributed by atoms with Crippen molar-refractivity contribution < 1.29 is 78.8 Å². The van der Waals surface area contributed by atoms with Gasteiger partial charge in [0.05, 0.1) is 48.8 Å². The first kappa shape index (κ1) is 79.9. The van der Waals surface area contributed by atoms with Crippen LogP contribution in [0, 0.1) is 5.92 Å². The first-order valence-corrected chi connectivity index (χ1v) is 32.8. The number of aromatic nitrogens is 2. The molecule has 4 aliphatic heterocycles. The molecule has 4 fully saturated rings. The zero-order valence-electron chi connectivity index (χ0n) is 54.0. The SMILES string of the molecule is COC1(c2ccc(Cl)cc2)CCN(c2ccc(-c3nnc(-c4ccc(C(=O)N[C@H]5C[C@@H](O)CNC(=O)[C@@H]6[C@@H](O)[C@@H](C)CN6C(=O)[C@H]([C@H](O)CCN)NC(=O)[C@H]([C@H](O)Cc6ccc(O)c(OCCCN)c6)NC(=O)[C@@H]6C[C@@H](O)CN6C(=O)[C@H]([C@@H](C)O)NC5=O)cc4)s3)cc2)CC1.Cl.Cl.Cl. The van der Waals surface area contributed by atoms with Gasteiger partial charge >= 0.3 is 0 Å². The van der Waals surface area contributed by atoms with Crippen LogP contribution in [0.4, 0.5) is 5.69 Å². The van der Waals surface area contributed by atoms with E-state index in [1.165, 1.54) is 48.6 Å². The number of ether oxygens (including phenoxy) is 2. The average Bonchev–Trinajstić information content (AvgIpc) is 1.59. The molecule has 0 spiro atoms. The van der Waals surface area contributed by atoms with E-state index in [0.29, 0.717) is 27.0 Å². The summed E-state index contributed by atoms with van der Waals surface area (Å²) in [5, 5.41) is 102. The molecule has 1 aromatic heterocycles. The van der Waals surface area contributed by atoms with Crippen molar-refractivity contribution in [3.05, 3.63) is 113 Å². The van der Waals surface area contributed by atoms with Crippen LogP contribution < -0.4 is 47.7 Å². The highest BCUT2D eigenvalue weighted by atomic mass is 35.5. The number of aliphatic hydroxyl groups is 6. The Kier molecular flexibility index (Phi) is 29.2.